The number of nitrogens with zero attached hydrogens (tertiary/aromatic N) is 1. The number of carbonyl (C=O) groups is 1. The zero-order chi connectivity index (χ0) is 14.8. The van der Waals surface area contributed by atoms with Gasteiger partial charge in [-0.15, -0.1) is 0 Å². The second-order valence-corrected chi connectivity index (χ2v) is 6.25. The van der Waals surface area contributed by atoms with Crippen molar-refractivity contribution >= 4 is 11.7 Å². The van der Waals surface area contributed by atoms with Crippen molar-refractivity contribution in [3.05, 3.63) is 34.9 Å². The van der Waals surface area contributed by atoms with Crippen molar-refractivity contribution < 1.29 is 9.53 Å². The molecule has 1 aromatic carbocycles. The summed E-state index contributed by atoms with van der Waals surface area (Å²) < 4.78 is 4.73. The standard InChI is InChI=1S/C17H23NO2/c1-17(2,3)16-14-7-5-6-12(8-9-15(19)20-4)13(14)10-11-18-16/h5-7H,8-11H2,1-4H3. The van der Waals surface area contributed by atoms with Gasteiger partial charge in [0.25, 0.3) is 0 Å². The molecule has 1 aromatic rings. The number of esters is 1. The highest BCUT2D eigenvalue weighted by Gasteiger charge is 2.26. The Bertz CT molecular complexity index is 538. The molecule has 20 heavy (non-hydrogen) atoms. The summed E-state index contributed by atoms with van der Waals surface area (Å²) in [5.74, 6) is -0.150. The van der Waals surface area contributed by atoms with Gasteiger partial charge in [0.1, 0.15) is 0 Å². The van der Waals surface area contributed by atoms with Crippen LogP contribution in [0.25, 0.3) is 0 Å². The van der Waals surface area contributed by atoms with Crippen molar-refractivity contribution in [3.8, 4) is 0 Å². The first-order valence-corrected chi connectivity index (χ1v) is 7.16. The highest BCUT2D eigenvalue weighted by molar-refractivity contribution is 6.06. The van der Waals surface area contributed by atoms with Gasteiger partial charge < -0.3 is 4.74 Å². The van der Waals surface area contributed by atoms with Gasteiger partial charge in [0.2, 0.25) is 0 Å². The molecule has 0 radical (unpaired) electrons. The van der Waals surface area contributed by atoms with E-state index >= 15 is 0 Å². The van der Waals surface area contributed by atoms with E-state index < -0.39 is 0 Å². The van der Waals surface area contributed by atoms with Gasteiger partial charge in [-0.3, -0.25) is 9.79 Å². The van der Waals surface area contributed by atoms with Crippen LogP contribution in [-0.4, -0.2) is 25.3 Å². The van der Waals surface area contributed by atoms with E-state index in [1.54, 1.807) is 0 Å². The first-order valence-electron chi connectivity index (χ1n) is 7.16. The maximum Gasteiger partial charge on any atom is 0.305 e. The van der Waals surface area contributed by atoms with Gasteiger partial charge in [-0.1, -0.05) is 39.0 Å². The average Bonchev–Trinajstić information content (AvgIpc) is 2.42. The zero-order valence-corrected chi connectivity index (χ0v) is 12.8. The predicted octanol–water partition coefficient (Wildman–Crippen LogP) is 3.18. The summed E-state index contributed by atoms with van der Waals surface area (Å²) in [6, 6.07) is 6.34. The number of aryl methyl sites for hydroxylation is 1. The second kappa shape index (κ2) is 5.78. The zero-order valence-electron chi connectivity index (χ0n) is 12.8. The third-order valence-electron chi connectivity index (χ3n) is 3.70. The summed E-state index contributed by atoms with van der Waals surface area (Å²) in [6.07, 6.45) is 2.15. The van der Waals surface area contributed by atoms with E-state index in [4.69, 9.17) is 9.73 Å². The summed E-state index contributed by atoms with van der Waals surface area (Å²) in [4.78, 5) is 16.1. The SMILES string of the molecule is COC(=O)CCc1cccc2c1CCN=C2C(C)(C)C. The van der Waals surface area contributed by atoms with Crippen LogP contribution in [-0.2, 0) is 22.4 Å². The molecule has 0 unspecified atom stereocenters. The monoisotopic (exact) mass is 273 g/mol. The van der Waals surface area contributed by atoms with Crippen molar-refractivity contribution in [2.24, 2.45) is 10.4 Å². The lowest BCUT2D eigenvalue weighted by atomic mass is 9.80. The molecule has 0 amide bonds. The van der Waals surface area contributed by atoms with E-state index in [0.29, 0.717) is 6.42 Å². The quantitative estimate of drug-likeness (QED) is 0.793. The molecule has 3 nitrogen and oxygen atoms in total. The van der Waals surface area contributed by atoms with Crippen LogP contribution in [0.2, 0.25) is 0 Å². The Hall–Kier alpha value is -1.64. The van der Waals surface area contributed by atoms with Crippen LogP contribution < -0.4 is 0 Å². The lowest BCUT2D eigenvalue weighted by Gasteiger charge is -2.28. The molecule has 1 heterocycles. The number of methoxy groups -OCH3 is 1. The van der Waals surface area contributed by atoms with Gasteiger partial charge in [-0.05, 0) is 29.5 Å². The molecule has 108 valence electrons. The minimum atomic E-state index is -0.150. The van der Waals surface area contributed by atoms with Gasteiger partial charge >= 0.3 is 5.97 Å². The topological polar surface area (TPSA) is 38.7 Å². The number of benzene rings is 1. The first-order chi connectivity index (χ1) is 9.43. The minimum absolute atomic E-state index is 0.0517. The number of ether oxygens (including phenoxy) is 1. The molecule has 0 bridgehead atoms. The van der Waals surface area contributed by atoms with Crippen molar-refractivity contribution in [2.75, 3.05) is 13.7 Å². The summed E-state index contributed by atoms with van der Waals surface area (Å²) in [5.41, 5.74) is 5.10. The average molecular weight is 273 g/mol. The third kappa shape index (κ3) is 3.09. The van der Waals surface area contributed by atoms with E-state index in [9.17, 15) is 4.79 Å². The predicted molar refractivity (Wildman–Crippen MR) is 81.3 cm³/mol. The summed E-state index contributed by atoms with van der Waals surface area (Å²) in [7, 11) is 1.44. The van der Waals surface area contributed by atoms with E-state index in [1.165, 1.54) is 29.5 Å². The Morgan fingerprint density at radius 2 is 2.10 bits per heavy atom. The Balaban J connectivity index is 2.31. The maximum atomic E-state index is 11.3. The van der Waals surface area contributed by atoms with Crippen LogP contribution in [0.4, 0.5) is 0 Å². The van der Waals surface area contributed by atoms with E-state index in [0.717, 1.165) is 19.4 Å². The molecule has 0 aliphatic carbocycles. The van der Waals surface area contributed by atoms with Gasteiger partial charge in [0, 0.05) is 24.1 Å². The fourth-order valence-electron chi connectivity index (χ4n) is 2.73. The van der Waals surface area contributed by atoms with Gasteiger partial charge in [-0.2, -0.15) is 0 Å². The molecule has 0 saturated carbocycles. The fraction of sp³-hybridized carbons (Fsp3) is 0.529. The molecule has 0 fully saturated rings. The van der Waals surface area contributed by atoms with Crippen molar-refractivity contribution in [2.45, 2.75) is 40.0 Å². The molecule has 0 aromatic heterocycles. The number of aliphatic imine (C=N–C) groups is 1. The second-order valence-electron chi connectivity index (χ2n) is 6.25. The van der Waals surface area contributed by atoms with E-state index in [1.807, 2.05) is 0 Å². The molecule has 1 aliphatic heterocycles. The first kappa shape index (κ1) is 14.8. The molecule has 3 heteroatoms. The molecule has 0 saturated heterocycles. The Morgan fingerprint density at radius 3 is 2.75 bits per heavy atom. The van der Waals surface area contributed by atoms with Crippen molar-refractivity contribution in [1.29, 1.82) is 0 Å². The highest BCUT2D eigenvalue weighted by atomic mass is 16.5. The number of fused-ring (bicyclic) bond motifs is 1. The fourth-order valence-corrected chi connectivity index (χ4v) is 2.73. The number of hydrogen-bond acceptors (Lipinski definition) is 3. The van der Waals surface area contributed by atoms with Crippen LogP contribution in [0.5, 0.6) is 0 Å². The molecule has 0 atom stereocenters. The van der Waals surface area contributed by atoms with Gasteiger partial charge in [0.05, 0.1) is 7.11 Å². The number of carbonyl (C=O) groups excluding carboxylic acids is 1. The van der Waals surface area contributed by atoms with E-state index in [2.05, 4.69) is 39.0 Å². The van der Waals surface area contributed by atoms with Crippen LogP contribution in [0.15, 0.2) is 23.2 Å². The normalized spacial score (nSPS) is 14.5. The third-order valence-corrected chi connectivity index (χ3v) is 3.70. The van der Waals surface area contributed by atoms with Crippen LogP contribution in [0, 0.1) is 5.41 Å². The van der Waals surface area contributed by atoms with Crippen LogP contribution in [0.1, 0.15) is 43.9 Å². The molecule has 1 aliphatic rings. The molecule has 0 N–H and O–H groups in total. The largest absolute Gasteiger partial charge is 0.469 e. The molecule has 0 spiro atoms. The Labute approximate surface area is 121 Å². The molecular weight excluding hydrogens is 250 g/mol. The van der Waals surface area contributed by atoms with Crippen LogP contribution >= 0.6 is 0 Å². The van der Waals surface area contributed by atoms with Gasteiger partial charge in [0.15, 0.2) is 0 Å². The van der Waals surface area contributed by atoms with E-state index in [-0.39, 0.29) is 11.4 Å². The summed E-state index contributed by atoms with van der Waals surface area (Å²) in [5, 5.41) is 0. The summed E-state index contributed by atoms with van der Waals surface area (Å²) in [6.45, 7) is 7.43. The molecule has 2 rings (SSSR count). The van der Waals surface area contributed by atoms with Crippen molar-refractivity contribution in [1.82, 2.24) is 0 Å². The maximum absolute atomic E-state index is 11.3. The number of hydrogen-bond donors (Lipinski definition) is 0. The Morgan fingerprint density at radius 1 is 1.35 bits per heavy atom. The lowest BCUT2D eigenvalue weighted by Crippen LogP contribution is -2.27. The molecular formula is C17H23NO2. The Kier molecular flexibility index (Phi) is 4.26. The smallest absolute Gasteiger partial charge is 0.305 e. The van der Waals surface area contributed by atoms with Crippen molar-refractivity contribution in [3.63, 3.8) is 0 Å². The summed E-state index contributed by atoms with van der Waals surface area (Å²) >= 11 is 0. The lowest BCUT2D eigenvalue weighted by molar-refractivity contribution is -0.140. The highest BCUT2D eigenvalue weighted by Crippen LogP contribution is 2.29. The number of rotatable bonds is 3. The minimum Gasteiger partial charge on any atom is -0.469 e. The van der Waals surface area contributed by atoms with Crippen LogP contribution in [0.3, 0.4) is 0 Å². The van der Waals surface area contributed by atoms with Gasteiger partial charge in [-0.25, -0.2) is 0 Å².